The molecule has 0 aliphatic heterocycles. The number of halogens is 1. The Morgan fingerprint density at radius 1 is 1.35 bits per heavy atom. The van der Waals surface area contributed by atoms with Crippen molar-refractivity contribution in [3.05, 3.63) is 58.0 Å². The van der Waals surface area contributed by atoms with E-state index in [1.165, 1.54) is 36.5 Å². The van der Waals surface area contributed by atoms with Crippen LogP contribution in [0.1, 0.15) is 5.56 Å². The van der Waals surface area contributed by atoms with Gasteiger partial charge in [-0.15, -0.1) is 0 Å². The maximum absolute atomic E-state index is 13.4. The van der Waals surface area contributed by atoms with Crippen LogP contribution in [0.2, 0.25) is 0 Å². The summed E-state index contributed by atoms with van der Waals surface area (Å²) in [7, 11) is -2.56. The van der Waals surface area contributed by atoms with Crippen molar-refractivity contribution in [3.8, 4) is 5.75 Å². The van der Waals surface area contributed by atoms with Gasteiger partial charge < -0.3 is 19.4 Å². The van der Waals surface area contributed by atoms with Gasteiger partial charge in [-0.1, -0.05) is 0 Å². The van der Waals surface area contributed by atoms with Crippen molar-refractivity contribution in [2.24, 2.45) is 0 Å². The second kappa shape index (κ2) is 6.87. The van der Waals surface area contributed by atoms with Crippen LogP contribution in [0.25, 0.3) is 0 Å². The molecule has 8 heteroatoms. The molecule has 0 aliphatic rings. The molecule has 0 radical (unpaired) electrons. The molecule has 1 heterocycles. The van der Waals surface area contributed by atoms with Crippen molar-refractivity contribution in [3.63, 3.8) is 0 Å². The van der Waals surface area contributed by atoms with Crippen molar-refractivity contribution in [1.29, 1.82) is 0 Å². The topological polar surface area (TPSA) is 82.3 Å². The summed E-state index contributed by atoms with van der Waals surface area (Å²) in [6, 6.07) is 7.07. The summed E-state index contributed by atoms with van der Waals surface area (Å²) in [4.78, 5) is 13.9. The van der Waals surface area contributed by atoms with E-state index in [-0.39, 0.29) is 24.6 Å². The molecule has 0 saturated carbocycles. The average Bonchev–Trinajstić information content (AvgIpc) is 2.46. The van der Waals surface area contributed by atoms with E-state index in [1.54, 1.807) is 13.3 Å². The molecule has 0 N–H and O–H groups in total. The van der Waals surface area contributed by atoms with Gasteiger partial charge >= 0.3 is 5.82 Å². The second-order valence-corrected chi connectivity index (χ2v) is 8.49. The van der Waals surface area contributed by atoms with Gasteiger partial charge in [0.25, 0.3) is 0 Å². The highest BCUT2D eigenvalue weighted by molar-refractivity contribution is 7.70. The van der Waals surface area contributed by atoms with E-state index in [9.17, 15) is 19.1 Å². The summed E-state index contributed by atoms with van der Waals surface area (Å²) in [6.07, 6.45) is 1.59. The Morgan fingerprint density at radius 3 is 2.74 bits per heavy atom. The lowest BCUT2D eigenvalue weighted by molar-refractivity contribution is -0.390. The zero-order chi connectivity index (χ0) is 17.0. The minimum atomic E-state index is -2.56. The van der Waals surface area contributed by atoms with Crippen LogP contribution in [-0.4, -0.2) is 29.8 Å². The van der Waals surface area contributed by atoms with Crippen LogP contribution in [0.15, 0.2) is 36.5 Å². The third-order valence-corrected chi connectivity index (χ3v) is 4.77. The summed E-state index contributed by atoms with van der Waals surface area (Å²) in [5, 5.41) is 11.4. The van der Waals surface area contributed by atoms with Crippen LogP contribution in [-0.2, 0) is 11.0 Å². The minimum Gasteiger partial charge on any atom is -0.485 e. The van der Waals surface area contributed by atoms with E-state index in [0.717, 1.165) is 0 Å². The lowest BCUT2D eigenvalue weighted by Crippen LogP contribution is -2.14. The SMILES string of the molecule is CP(C)(=O)c1ccc(F)cc1CCOc1cccnc1[N+](=O)[O-]. The fourth-order valence-corrected chi connectivity index (χ4v) is 3.48. The van der Waals surface area contributed by atoms with Crippen molar-refractivity contribution < 1.29 is 18.6 Å². The monoisotopic (exact) mass is 338 g/mol. The van der Waals surface area contributed by atoms with E-state index in [4.69, 9.17) is 4.74 Å². The minimum absolute atomic E-state index is 0.0478. The van der Waals surface area contributed by atoms with Gasteiger partial charge in [0.15, 0.2) is 0 Å². The Kier molecular flexibility index (Phi) is 5.11. The summed E-state index contributed by atoms with van der Waals surface area (Å²) in [6.45, 7) is 3.30. The van der Waals surface area contributed by atoms with Crippen LogP contribution in [0.3, 0.4) is 0 Å². The molecule has 0 fully saturated rings. The highest BCUT2D eigenvalue weighted by Crippen LogP contribution is 2.36. The molecule has 2 aromatic rings. The third-order valence-electron chi connectivity index (χ3n) is 3.17. The van der Waals surface area contributed by atoms with Crippen molar-refractivity contribution in [2.75, 3.05) is 19.9 Å². The summed E-state index contributed by atoms with van der Waals surface area (Å²) < 4.78 is 31.1. The van der Waals surface area contributed by atoms with Crippen molar-refractivity contribution >= 4 is 18.3 Å². The van der Waals surface area contributed by atoms with Gasteiger partial charge in [0.05, 0.1) is 6.61 Å². The molecule has 0 spiro atoms. The second-order valence-electron chi connectivity index (χ2n) is 5.30. The fourth-order valence-electron chi connectivity index (χ4n) is 2.18. The van der Waals surface area contributed by atoms with E-state index in [2.05, 4.69) is 4.98 Å². The number of ether oxygens (including phenoxy) is 1. The quantitative estimate of drug-likeness (QED) is 0.459. The maximum atomic E-state index is 13.4. The third kappa shape index (κ3) is 4.36. The standard InChI is InChI=1S/C15H16FN2O4P/c1-23(2,21)14-6-5-12(16)10-11(14)7-9-22-13-4-3-8-17-15(13)18(19)20/h3-6,8,10H,7,9H2,1-2H3. The van der Waals surface area contributed by atoms with Crippen LogP contribution in [0, 0.1) is 15.9 Å². The first kappa shape index (κ1) is 17.1. The maximum Gasteiger partial charge on any atom is 0.406 e. The van der Waals surface area contributed by atoms with Crippen LogP contribution in [0.4, 0.5) is 10.2 Å². The summed E-state index contributed by atoms with van der Waals surface area (Å²) in [5.74, 6) is -0.750. The van der Waals surface area contributed by atoms with E-state index >= 15 is 0 Å². The Balaban J connectivity index is 2.15. The zero-order valence-electron chi connectivity index (χ0n) is 12.7. The molecule has 0 aliphatic carbocycles. The number of nitro groups is 1. The lowest BCUT2D eigenvalue weighted by atomic mass is 10.1. The van der Waals surface area contributed by atoms with Crippen molar-refractivity contribution in [1.82, 2.24) is 4.98 Å². The lowest BCUT2D eigenvalue weighted by Gasteiger charge is -2.14. The Morgan fingerprint density at radius 2 is 2.09 bits per heavy atom. The Labute approximate surface area is 132 Å². The van der Waals surface area contributed by atoms with Crippen LogP contribution < -0.4 is 10.0 Å². The van der Waals surface area contributed by atoms with Gasteiger partial charge in [0.2, 0.25) is 5.75 Å². The molecule has 0 bridgehead atoms. The molecule has 122 valence electrons. The first-order chi connectivity index (χ1) is 10.8. The highest BCUT2D eigenvalue weighted by atomic mass is 31.2. The van der Waals surface area contributed by atoms with Gasteiger partial charge in [-0.05, 0) is 59.1 Å². The Bertz CT molecular complexity index is 776. The number of pyridine rings is 1. The Hall–Kier alpha value is -2.27. The number of benzene rings is 1. The predicted octanol–water partition coefficient (Wildman–Crippen LogP) is 3.00. The van der Waals surface area contributed by atoms with Crippen LogP contribution >= 0.6 is 7.14 Å². The molecular formula is C15H16FN2O4P. The number of hydrogen-bond donors (Lipinski definition) is 0. The molecule has 1 aromatic carbocycles. The molecule has 0 saturated heterocycles. The normalized spacial score (nSPS) is 11.3. The van der Waals surface area contributed by atoms with Gasteiger partial charge in [-0.3, -0.25) is 0 Å². The zero-order valence-corrected chi connectivity index (χ0v) is 13.6. The molecule has 0 unspecified atom stereocenters. The highest BCUT2D eigenvalue weighted by Gasteiger charge is 2.18. The molecule has 6 nitrogen and oxygen atoms in total. The molecule has 0 atom stereocenters. The number of nitrogens with zero attached hydrogens (tertiary/aromatic N) is 2. The molecular weight excluding hydrogens is 322 g/mol. The molecule has 2 rings (SSSR count). The molecule has 23 heavy (non-hydrogen) atoms. The first-order valence-electron chi connectivity index (χ1n) is 6.85. The summed E-state index contributed by atoms with van der Waals surface area (Å²) in [5.41, 5.74) is 0.574. The average molecular weight is 338 g/mol. The van der Waals surface area contributed by atoms with Crippen molar-refractivity contribution in [2.45, 2.75) is 6.42 Å². The van der Waals surface area contributed by atoms with Gasteiger partial charge in [-0.25, -0.2) is 4.39 Å². The predicted molar refractivity (Wildman–Crippen MR) is 85.6 cm³/mol. The fraction of sp³-hybridized carbons (Fsp3) is 0.267. The van der Waals surface area contributed by atoms with Gasteiger partial charge in [-0.2, -0.15) is 0 Å². The van der Waals surface area contributed by atoms with E-state index in [0.29, 0.717) is 10.9 Å². The van der Waals surface area contributed by atoms with E-state index < -0.39 is 17.9 Å². The summed E-state index contributed by atoms with van der Waals surface area (Å²) >= 11 is 0. The van der Waals surface area contributed by atoms with Gasteiger partial charge in [0.1, 0.15) is 19.2 Å². The number of aromatic nitrogens is 1. The largest absolute Gasteiger partial charge is 0.485 e. The number of rotatable bonds is 6. The first-order valence-corrected chi connectivity index (χ1v) is 9.45. The molecule has 0 amide bonds. The van der Waals surface area contributed by atoms with Crippen LogP contribution in [0.5, 0.6) is 5.75 Å². The number of hydrogen-bond acceptors (Lipinski definition) is 5. The smallest absolute Gasteiger partial charge is 0.406 e. The van der Waals surface area contributed by atoms with Gasteiger partial charge in [0, 0.05) is 11.7 Å². The van der Waals surface area contributed by atoms with E-state index in [1.807, 2.05) is 0 Å². The molecule has 1 aromatic heterocycles.